The van der Waals surface area contributed by atoms with Crippen LogP contribution in [-0.2, 0) is 33.3 Å². The predicted octanol–water partition coefficient (Wildman–Crippen LogP) is -0.113. The standard InChI is InChI=1S/C14H19NO8/c1-7(16)15-8-4-5-9(13(17)20-3)22-11(8)12(19-2)10-6-21-14(18)23-10/h5,8,10-12H,4,6H2,1-3H3,(H,15,16)/t8?,10?,11-,12?/m1/s1. The average Bonchev–Trinajstić information content (AvgIpc) is 2.94. The second kappa shape index (κ2) is 7.32. The fourth-order valence-electron chi connectivity index (χ4n) is 2.58. The van der Waals surface area contributed by atoms with Gasteiger partial charge in [0.25, 0.3) is 0 Å². The first-order valence-corrected chi connectivity index (χ1v) is 7.04. The molecule has 128 valence electrons. The molecule has 0 aromatic carbocycles. The maximum Gasteiger partial charge on any atom is 0.508 e. The van der Waals surface area contributed by atoms with Gasteiger partial charge in [0.05, 0.1) is 13.2 Å². The Bertz CT molecular complexity index is 517. The van der Waals surface area contributed by atoms with Crippen molar-refractivity contribution in [3.63, 3.8) is 0 Å². The predicted molar refractivity (Wildman–Crippen MR) is 74.2 cm³/mol. The van der Waals surface area contributed by atoms with Crippen LogP contribution in [0.4, 0.5) is 4.79 Å². The van der Waals surface area contributed by atoms with E-state index in [4.69, 9.17) is 18.9 Å². The Kier molecular flexibility index (Phi) is 5.43. The van der Waals surface area contributed by atoms with Crippen LogP contribution in [0.5, 0.6) is 0 Å². The number of ether oxygens (including phenoxy) is 5. The van der Waals surface area contributed by atoms with Crippen molar-refractivity contribution in [1.29, 1.82) is 0 Å². The Morgan fingerprint density at radius 1 is 1.35 bits per heavy atom. The van der Waals surface area contributed by atoms with Crippen LogP contribution in [0.15, 0.2) is 11.8 Å². The topological polar surface area (TPSA) is 109 Å². The first kappa shape index (κ1) is 17.1. The number of rotatable bonds is 5. The lowest BCUT2D eigenvalue weighted by molar-refractivity contribution is -0.148. The van der Waals surface area contributed by atoms with Gasteiger partial charge in [-0.15, -0.1) is 0 Å². The lowest BCUT2D eigenvalue weighted by Gasteiger charge is -2.37. The summed E-state index contributed by atoms with van der Waals surface area (Å²) in [5.74, 6) is -0.870. The second-order valence-corrected chi connectivity index (χ2v) is 5.10. The number of carbonyl (C=O) groups excluding carboxylic acids is 3. The highest BCUT2D eigenvalue weighted by atomic mass is 16.8. The van der Waals surface area contributed by atoms with Gasteiger partial charge in [0.2, 0.25) is 11.7 Å². The highest BCUT2D eigenvalue weighted by Gasteiger charge is 2.44. The molecule has 9 heteroatoms. The van der Waals surface area contributed by atoms with Gasteiger partial charge in [0.1, 0.15) is 18.8 Å². The minimum atomic E-state index is -0.798. The number of cyclic esters (lactones) is 2. The van der Waals surface area contributed by atoms with Crippen LogP contribution in [0, 0.1) is 0 Å². The normalized spacial score (nSPS) is 27.9. The van der Waals surface area contributed by atoms with Crippen LogP contribution in [0.3, 0.4) is 0 Å². The van der Waals surface area contributed by atoms with E-state index >= 15 is 0 Å². The third-order valence-electron chi connectivity index (χ3n) is 3.57. The van der Waals surface area contributed by atoms with Crippen molar-refractivity contribution in [3.8, 4) is 0 Å². The zero-order chi connectivity index (χ0) is 17.0. The summed E-state index contributed by atoms with van der Waals surface area (Å²) >= 11 is 0. The molecule has 1 amide bonds. The highest BCUT2D eigenvalue weighted by molar-refractivity contribution is 5.86. The summed E-state index contributed by atoms with van der Waals surface area (Å²) in [7, 11) is 2.66. The fraction of sp³-hybridized carbons (Fsp3) is 0.643. The largest absolute Gasteiger partial charge is 0.508 e. The van der Waals surface area contributed by atoms with Gasteiger partial charge in [0, 0.05) is 14.0 Å². The van der Waals surface area contributed by atoms with Gasteiger partial charge in [-0.2, -0.15) is 0 Å². The lowest BCUT2D eigenvalue weighted by atomic mass is 9.95. The van der Waals surface area contributed by atoms with Crippen molar-refractivity contribution < 1.29 is 38.1 Å². The van der Waals surface area contributed by atoms with Crippen molar-refractivity contribution in [2.75, 3.05) is 20.8 Å². The van der Waals surface area contributed by atoms with E-state index < -0.39 is 36.5 Å². The molecule has 1 saturated heterocycles. The molecule has 0 radical (unpaired) electrons. The second-order valence-electron chi connectivity index (χ2n) is 5.10. The van der Waals surface area contributed by atoms with Gasteiger partial charge >= 0.3 is 12.1 Å². The molecule has 2 heterocycles. The molecule has 1 fully saturated rings. The zero-order valence-corrected chi connectivity index (χ0v) is 13.1. The molecular weight excluding hydrogens is 310 g/mol. The minimum Gasteiger partial charge on any atom is -0.478 e. The summed E-state index contributed by atoms with van der Waals surface area (Å²) in [6, 6.07) is -0.454. The maximum absolute atomic E-state index is 11.7. The Hall–Kier alpha value is -2.29. The zero-order valence-electron chi connectivity index (χ0n) is 13.1. The van der Waals surface area contributed by atoms with E-state index in [1.165, 1.54) is 27.2 Å². The number of amides is 1. The molecular formula is C14H19NO8. The first-order chi connectivity index (χ1) is 11.0. The third kappa shape index (κ3) is 3.92. The molecule has 2 aliphatic rings. The van der Waals surface area contributed by atoms with Gasteiger partial charge in [-0.3, -0.25) is 4.79 Å². The van der Waals surface area contributed by atoms with E-state index in [0.717, 1.165) is 0 Å². The van der Waals surface area contributed by atoms with E-state index in [9.17, 15) is 14.4 Å². The van der Waals surface area contributed by atoms with Gasteiger partial charge in [0.15, 0.2) is 6.10 Å². The number of hydrogen-bond donors (Lipinski definition) is 1. The van der Waals surface area contributed by atoms with Crippen molar-refractivity contribution in [3.05, 3.63) is 11.8 Å². The quantitative estimate of drug-likeness (QED) is 0.696. The molecule has 23 heavy (non-hydrogen) atoms. The number of methoxy groups -OCH3 is 2. The Morgan fingerprint density at radius 3 is 2.61 bits per heavy atom. The molecule has 0 bridgehead atoms. The molecule has 2 rings (SSSR count). The van der Waals surface area contributed by atoms with Crippen LogP contribution in [0.2, 0.25) is 0 Å². The third-order valence-corrected chi connectivity index (χ3v) is 3.57. The van der Waals surface area contributed by atoms with Crippen LogP contribution < -0.4 is 5.32 Å². The molecule has 0 aromatic rings. The Balaban J connectivity index is 2.21. The molecule has 1 N–H and O–H groups in total. The van der Waals surface area contributed by atoms with Crippen molar-refractivity contribution >= 4 is 18.0 Å². The van der Waals surface area contributed by atoms with Gasteiger partial charge in [-0.25, -0.2) is 9.59 Å². The van der Waals surface area contributed by atoms with E-state index in [1.807, 2.05) is 0 Å². The summed E-state index contributed by atoms with van der Waals surface area (Å²) in [5, 5.41) is 2.74. The fourth-order valence-corrected chi connectivity index (χ4v) is 2.58. The lowest BCUT2D eigenvalue weighted by Crippen LogP contribution is -2.55. The van der Waals surface area contributed by atoms with E-state index in [2.05, 4.69) is 10.1 Å². The van der Waals surface area contributed by atoms with Crippen molar-refractivity contribution in [1.82, 2.24) is 5.32 Å². The molecule has 0 aliphatic carbocycles. The number of esters is 1. The van der Waals surface area contributed by atoms with Crippen LogP contribution in [-0.4, -0.2) is 63.2 Å². The molecule has 9 nitrogen and oxygen atoms in total. The summed E-state index contributed by atoms with van der Waals surface area (Å²) in [5.41, 5.74) is 0. The van der Waals surface area contributed by atoms with Gasteiger partial charge in [-0.05, 0) is 12.5 Å². The highest BCUT2D eigenvalue weighted by Crippen LogP contribution is 2.27. The average molecular weight is 329 g/mol. The smallest absolute Gasteiger partial charge is 0.478 e. The number of nitrogens with one attached hydrogen (secondary N) is 1. The molecule has 0 spiro atoms. The summed E-state index contributed by atoms with van der Waals surface area (Å²) in [6.07, 6.45) is -1.10. The Labute approximate surface area is 132 Å². The van der Waals surface area contributed by atoms with Crippen LogP contribution >= 0.6 is 0 Å². The monoisotopic (exact) mass is 329 g/mol. The Morgan fingerprint density at radius 2 is 2.09 bits per heavy atom. The molecule has 3 unspecified atom stereocenters. The van der Waals surface area contributed by atoms with Crippen LogP contribution in [0.1, 0.15) is 13.3 Å². The van der Waals surface area contributed by atoms with Gasteiger partial charge in [-0.1, -0.05) is 0 Å². The summed E-state index contributed by atoms with van der Waals surface area (Å²) in [6.45, 7) is 1.37. The number of carbonyl (C=O) groups is 3. The summed E-state index contributed by atoms with van der Waals surface area (Å²) in [4.78, 5) is 34.2. The molecule has 0 aromatic heterocycles. The molecule has 4 atom stereocenters. The number of hydrogen-bond acceptors (Lipinski definition) is 8. The minimum absolute atomic E-state index is 0.00125. The molecule has 0 saturated carbocycles. The van der Waals surface area contributed by atoms with Crippen LogP contribution in [0.25, 0.3) is 0 Å². The first-order valence-electron chi connectivity index (χ1n) is 7.04. The van der Waals surface area contributed by atoms with E-state index in [1.54, 1.807) is 0 Å². The van der Waals surface area contributed by atoms with Crippen molar-refractivity contribution in [2.45, 2.75) is 37.7 Å². The summed E-state index contributed by atoms with van der Waals surface area (Å²) < 4.78 is 25.5. The van der Waals surface area contributed by atoms with Gasteiger partial charge < -0.3 is 29.0 Å². The maximum atomic E-state index is 11.7. The van der Waals surface area contributed by atoms with E-state index in [-0.39, 0.29) is 18.3 Å². The van der Waals surface area contributed by atoms with E-state index in [0.29, 0.717) is 6.42 Å². The van der Waals surface area contributed by atoms with Crippen molar-refractivity contribution in [2.24, 2.45) is 0 Å². The molecule has 2 aliphatic heterocycles. The SMILES string of the molecule is COC(=O)C1=CCC(NC(C)=O)[C@H](C(OC)C2COC(=O)O2)O1.